The fourth-order valence-electron chi connectivity index (χ4n) is 3.00. The molecule has 0 aliphatic carbocycles. The minimum absolute atomic E-state index is 0.362. The number of nitrogens with zero attached hydrogens (tertiary/aromatic N) is 1. The average Bonchev–Trinajstić information content (AvgIpc) is 2.83. The van der Waals surface area contributed by atoms with E-state index in [1.807, 2.05) is 43.3 Å². The van der Waals surface area contributed by atoms with Gasteiger partial charge in [0.1, 0.15) is 6.61 Å². The summed E-state index contributed by atoms with van der Waals surface area (Å²) in [7, 11) is 3.14. The predicted molar refractivity (Wildman–Crippen MR) is 136 cm³/mol. The van der Waals surface area contributed by atoms with Gasteiger partial charge in [-0.05, 0) is 71.0 Å². The van der Waals surface area contributed by atoms with Gasteiger partial charge in [0, 0.05) is 5.56 Å². The van der Waals surface area contributed by atoms with Gasteiger partial charge in [-0.15, -0.1) is 0 Å². The normalized spacial score (nSPS) is 10.7. The zero-order chi connectivity index (χ0) is 23.6. The highest BCUT2D eigenvalue weighted by atomic mass is 127. The first-order chi connectivity index (χ1) is 16.0. The number of methoxy groups -OCH3 is 2. The van der Waals surface area contributed by atoms with Crippen LogP contribution in [-0.2, 0) is 6.61 Å². The standard InChI is InChI=1S/C25H25IN2O5/c1-4-32-22-14-19(10-11-21(22)30-2)25(29)28-27-15-18-12-20(26)24(23(13-18)31-3)33-16-17-8-6-5-7-9-17/h5-15H,4,16H2,1-3H3,(H,28,29)/b27-15+. The lowest BCUT2D eigenvalue weighted by Gasteiger charge is -2.13. The molecule has 3 aromatic carbocycles. The lowest BCUT2D eigenvalue weighted by molar-refractivity contribution is 0.0954. The van der Waals surface area contributed by atoms with Crippen molar-refractivity contribution in [1.82, 2.24) is 5.43 Å². The number of ether oxygens (including phenoxy) is 4. The predicted octanol–water partition coefficient (Wildman–Crippen LogP) is 5.05. The summed E-state index contributed by atoms with van der Waals surface area (Å²) in [6.07, 6.45) is 1.55. The van der Waals surface area contributed by atoms with Crippen LogP contribution in [0, 0.1) is 3.57 Å². The molecule has 7 nitrogen and oxygen atoms in total. The zero-order valence-electron chi connectivity index (χ0n) is 18.6. The molecule has 0 heterocycles. The molecule has 0 aromatic heterocycles. The maximum Gasteiger partial charge on any atom is 0.271 e. The third kappa shape index (κ3) is 6.61. The molecule has 0 aliphatic heterocycles. The van der Waals surface area contributed by atoms with Gasteiger partial charge in [0.25, 0.3) is 5.91 Å². The Morgan fingerprint density at radius 2 is 1.73 bits per heavy atom. The number of hydrogen-bond acceptors (Lipinski definition) is 6. The monoisotopic (exact) mass is 560 g/mol. The van der Waals surface area contributed by atoms with E-state index in [-0.39, 0.29) is 5.91 Å². The van der Waals surface area contributed by atoms with Crippen molar-refractivity contribution in [2.24, 2.45) is 5.10 Å². The molecule has 0 fully saturated rings. The van der Waals surface area contributed by atoms with Crippen LogP contribution in [-0.4, -0.2) is 32.9 Å². The van der Waals surface area contributed by atoms with Crippen LogP contribution in [0.15, 0.2) is 65.8 Å². The van der Waals surface area contributed by atoms with Crippen molar-refractivity contribution in [3.63, 3.8) is 0 Å². The minimum Gasteiger partial charge on any atom is -0.493 e. The fourth-order valence-corrected chi connectivity index (χ4v) is 3.78. The van der Waals surface area contributed by atoms with Crippen LogP contribution in [0.2, 0.25) is 0 Å². The van der Waals surface area contributed by atoms with Crippen molar-refractivity contribution in [3.8, 4) is 23.0 Å². The van der Waals surface area contributed by atoms with Crippen LogP contribution in [0.4, 0.5) is 0 Å². The van der Waals surface area contributed by atoms with Crippen molar-refractivity contribution in [3.05, 3.63) is 80.9 Å². The van der Waals surface area contributed by atoms with E-state index >= 15 is 0 Å². The molecule has 0 saturated heterocycles. The van der Waals surface area contributed by atoms with E-state index in [4.69, 9.17) is 18.9 Å². The van der Waals surface area contributed by atoms with E-state index in [0.29, 0.717) is 41.8 Å². The Kier molecular flexibility index (Phi) is 8.94. The Bertz CT molecular complexity index is 1120. The van der Waals surface area contributed by atoms with E-state index in [1.165, 1.54) is 0 Å². The summed E-state index contributed by atoms with van der Waals surface area (Å²) >= 11 is 2.19. The average molecular weight is 560 g/mol. The summed E-state index contributed by atoms with van der Waals surface area (Å²) in [6, 6.07) is 18.6. The molecule has 0 radical (unpaired) electrons. The highest BCUT2D eigenvalue weighted by molar-refractivity contribution is 14.1. The van der Waals surface area contributed by atoms with Crippen LogP contribution < -0.4 is 24.4 Å². The van der Waals surface area contributed by atoms with Gasteiger partial charge in [0.05, 0.1) is 30.6 Å². The second kappa shape index (κ2) is 12.1. The minimum atomic E-state index is -0.362. The summed E-state index contributed by atoms with van der Waals surface area (Å²) in [5, 5.41) is 4.08. The summed E-state index contributed by atoms with van der Waals surface area (Å²) in [5.41, 5.74) is 4.76. The highest BCUT2D eigenvalue weighted by Crippen LogP contribution is 2.34. The van der Waals surface area contributed by atoms with Crippen LogP contribution in [0.5, 0.6) is 23.0 Å². The highest BCUT2D eigenvalue weighted by Gasteiger charge is 2.13. The van der Waals surface area contributed by atoms with E-state index in [1.54, 1.807) is 44.7 Å². The number of benzene rings is 3. The number of hydrazone groups is 1. The molecule has 0 atom stereocenters. The molecule has 1 N–H and O–H groups in total. The van der Waals surface area contributed by atoms with Gasteiger partial charge in [0.15, 0.2) is 23.0 Å². The number of halogens is 1. The van der Waals surface area contributed by atoms with Gasteiger partial charge < -0.3 is 18.9 Å². The Morgan fingerprint density at radius 3 is 2.42 bits per heavy atom. The number of hydrogen-bond donors (Lipinski definition) is 1. The third-order valence-corrected chi connectivity index (χ3v) is 5.38. The van der Waals surface area contributed by atoms with Crippen molar-refractivity contribution in [2.75, 3.05) is 20.8 Å². The maximum atomic E-state index is 12.5. The molecule has 0 unspecified atom stereocenters. The summed E-state index contributed by atoms with van der Waals surface area (Å²) in [6.45, 7) is 2.76. The number of amides is 1. The molecule has 0 bridgehead atoms. The Morgan fingerprint density at radius 1 is 0.970 bits per heavy atom. The first-order valence-electron chi connectivity index (χ1n) is 10.2. The molecular formula is C25H25IN2O5. The Balaban J connectivity index is 1.69. The van der Waals surface area contributed by atoms with Crippen LogP contribution in [0.25, 0.3) is 0 Å². The number of nitrogens with one attached hydrogen (secondary N) is 1. The topological polar surface area (TPSA) is 78.4 Å². The molecule has 8 heteroatoms. The van der Waals surface area contributed by atoms with E-state index in [9.17, 15) is 4.79 Å². The molecule has 1 amide bonds. The molecule has 172 valence electrons. The van der Waals surface area contributed by atoms with Crippen molar-refractivity contribution in [2.45, 2.75) is 13.5 Å². The fraction of sp³-hybridized carbons (Fsp3) is 0.200. The maximum absolute atomic E-state index is 12.5. The van der Waals surface area contributed by atoms with E-state index < -0.39 is 0 Å². The summed E-state index contributed by atoms with van der Waals surface area (Å²) in [4.78, 5) is 12.5. The lowest BCUT2D eigenvalue weighted by atomic mass is 10.2. The SMILES string of the molecule is CCOc1cc(C(=O)N/N=C/c2cc(I)c(OCc3ccccc3)c(OC)c2)ccc1OC. The van der Waals surface area contributed by atoms with Gasteiger partial charge in [-0.25, -0.2) is 5.43 Å². The number of carbonyl (C=O) groups excluding carboxylic acids is 1. The number of carbonyl (C=O) groups is 1. The van der Waals surface area contributed by atoms with Gasteiger partial charge in [0.2, 0.25) is 0 Å². The molecule has 33 heavy (non-hydrogen) atoms. The smallest absolute Gasteiger partial charge is 0.271 e. The Labute approximate surface area is 206 Å². The van der Waals surface area contributed by atoms with Gasteiger partial charge in [-0.3, -0.25) is 4.79 Å². The first kappa shape index (κ1) is 24.4. The molecule has 3 rings (SSSR count). The van der Waals surface area contributed by atoms with Gasteiger partial charge in [-0.1, -0.05) is 30.3 Å². The Hall–Kier alpha value is -3.27. The van der Waals surface area contributed by atoms with E-state index in [2.05, 4.69) is 33.1 Å². The quantitative estimate of drug-likeness (QED) is 0.213. The van der Waals surface area contributed by atoms with Gasteiger partial charge in [-0.2, -0.15) is 5.10 Å². The molecule has 0 saturated carbocycles. The van der Waals surface area contributed by atoms with Crippen LogP contribution in [0.1, 0.15) is 28.4 Å². The number of rotatable bonds is 10. The summed E-state index contributed by atoms with van der Waals surface area (Å²) in [5.74, 6) is 1.95. The van der Waals surface area contributed by atoms with Crippen LogP contribution >= 0.6 is 22.6 Å². The van der Waals surface area contributed by atoms with Crippen molar-refractivity contribution >= 4 is 34.7 Å². The van der Waals surface area contributed by atoms with Gasteiger partial charge >= 0.3 is 0 Å². The molecule has 0 spiro atoms. The largest absolute Gasteiger partial charge is 0.493 e. The molecule has 3 aromatic rings. The van der Waals surface area contributed by atoms with E-state index in [0.717, 1.165) is 14.7 Å². The molecule has 0 aliphatic rings. The zero-order valence-corrected chi connectivity index (χ0v) is 20.8. The van der Waals surface area contributed by atoms with Crippen LogP contribution in [0.3, 0.4) is 0 Å². The summed E-state index contributed by atoms with van der Waals surface area (Å²) < 4.78 is 23.1. The second-order valence-electron chi connectivity index (χ2n) is 6.81. The third-order valence-electron chi connectivity index (χ3n) is 4.58. The second-order valence-corrected chi connectivity index (χ2v) is 7.97. The molecular weight excluding hydrogens is 535 g/mol. The lowest BCUT2D eigenvalue weighted by Crippen LogP contribution is -2.17. The van der Waals surface area contributed by atoms with Crippen molar-refractivity contribution < 1.29 is 23.7 Å². The van der Waals surface area contributed by atoms with Crippen molar-refractivity contribution in [1.29, 1.82) is 0 Å². The first-order valence-corrected chi connectivity index (χ1v) is 11.3.